The standard InChI is InChI=1S/C13H12ClN5O5/c1-8-12(19(23)24)7-15-17(8)5-4-13(20)16-10-3-2-9(14)6-11(10)18(21)22/h2-3,6-7H,4-5H2,1H3,(H,16,20). The van der Waals surface area contributed by atoms with Crippen LogP contribution in [0.5, 0.6) is 0 Å². The van der Waals surface area contributed by atoms with Crippen molar-refractivity contribution < 1.29 is 14.6 Å². The summed E-state index contributed by atoms with van der Waals surface area (Å²) in [4.78, 5) is 32.5. The molecule has 24 heavy (non-hydrogen) atoms. The Hall–Kier alpha value is -3.01. The number of aryl methyl sites for hydroxylation is 1. The first-order valence-electron chi connectivity index (χ1n) is 6.70. The van der Waals surface area contributed by atoms with Gasteiger partial charge >= 0.3 is 5.69 Å². The number of nitrogens with one attached hydrogen (secondary N) is 1. The van der Waals surface area contributed by atoms with Gasteiger partial charge in [-0.15, -0.1) is 0 Å². The van der Waals surface area contributed by atoms with E-state index in [-0.39, 0.29) is 35.1 Å². The lowest BCUT2D eigenvalue weighted by atomic mass is 10.2. The zero-order valence-corrected chi connectivity index (χ0v) is 13.2. The van der Waals surface area contributed by atoms with Crippen molar-refractivity contribution in [1.29, 1.82) is 0 Å². The molecule has 0 radical (unpaired) electrons. The number of nitrogens with zero attached hydrogens (tertiary/aromatic N) is 4. The Kier molecular flexibility index (Phi) is 5.09. The van der Waals surface area contributed by atoms with E-state index >= 15 is 0 Å². The molecule has 0 aliphatic heterocycles. The molecule has 2 aromatic rings. The molecule has 0 saturated heterocycles. The summed E-state index contributed by atoms with van der Waals surface area (Å²) in [6, 6.07) is 3.89. The molecule has 2 rings (SSSR count). The van der Waals surface area contributed by atoms with Gasteiger partial charge < -0.3 is 5.32 Å². The molecule has 0 aliphatic carbocycles. The molecule has 0 saturated carbocycles. The van der Waals surface area contributed by atoms with E-state index in [9.17, 15) is 25.0 Å². The Bertz CT molecular complexity index is 819. The monoisotopic (exact) mass is 353 g/mol. The van der Waals surface area contributed by atoms with Crippen LogP contribution >= 0.6 is 11.6 Å². The van der Waals surface area contributed by atoms with Gasteiger partial charge in [-0.05, 0) is 19.1 Å². The smallest absolute Gasteiger partial charge is 0.309 e. The molecule has 0 atom stereocenters. The fraction of sp³-hybridized carbons (Fsp3) is 0.231. The highest BCUT2D eigenvalue weighted by Crippen LogP contribution is 2.27. The lowest BCUT2D eigenvalue weighted by molar-refractivity contribution is -0.385. The average Bonchev–Trinajstić information content (AvgIpc) is 2.88. The first kappa shape index (κ1) is 17.3. The minimum absolute atomic E-state index is 0.0255. The van der Waals surface area contributed by atoms with Crippen molar-refractivity contribution in [3.8, 4) is 0 Å². The maximum Gasteiger partial charge on any atom is 0.309 e. The predicted octanol–water partition coefficient (Wildman–Crippen LogP) is 2.69. The van der Waals surface area contributed by atoms with Crippen LogP contribution in [0.2, 0.25) is 5.02 Å². The highest BCUT2D eigenvalue weighted by molar-refractivity contribution is 6.31. The topological polar surface area (TPSA) is 133 Å². The molecule has 10 nitrogen and oxygen atoms in total. The van der Waals surface area contributed by atoms with Gasteiger partial charge in [0, 0.05) is 17.5 Å². The second-order valence-electron chi connectivity index (χ2n) is 4.81. The fourth-order valence-corrected chi connectivity index (χ4v) is 2.19. The first-order chi connectivity index (χ1) is 11.3. The van der Waals surface area contributed by atoms with Crippen LogP contribution in [0.3, 0.4) is 0 Å². The van der Waals surface area contributed by atoms with E-state index in [0.717, 1.165) is 12.3 Å². The first-order valence-corrected chi connectivity index (χ1v) is 7.08. The summed E-state index contributed by atoms with van der Waals surface area (Å²) < 4.78 is 1.33. The molecule has 1 aromatic heterocycles. The van der Waals surface area contributed by atoms with E-state index in [1.54, 1.807) is 0 Å². The molecule has 0 fully saturated rings. The minimum Gasteiger partial charge on any atom is -0.320 e. The largest absolute Gasteiger partial charge is 0.320 e. The molecule has 11 heteroatoms. The van der Waals surface area contributed by atoms with Crippen LogP contribution in [0.25, 0.3) is 0 Å². The summed E-state index contributed by atoms with van der Waals surface area (Å²) in [5, 5.41) is 28.2. The number of nitro benzene ring substituents is 1. The molecule has 1 heterocycles. The molecule has 126 valence electrons. The van der Waals surface area contributed by atoms with Gasteiger partial charge in [-0.3, -0.25) is 29.7 Å². The molecule has 0 unspecified atom stereocenters. The maximum atomic E-state index is 12.0. The van der Waals surface area contributed by atoms with Gasteiger partial charge in [-0.1, -0.05) is 11.6 Å². The van der Waals surface area contributed by atoms with Crippen molar-refractivity contribution in [2.45, 2.75) is 19.9 Å². The quantitative estimate of drug-likeness (QED) is 0.626. The molecule has 1 N–H and O–H groups in total. The summed E-state index contributed by atoms with van der Waals surface area (Å²) in [5.74, 6) is -0.488. The number of aromatic nitrogens is 2. The van der Waals surface area contributed by atoms with Crippen LogP contribution < -0.4 is 5.32 Å². The number of hydrogen-bond acceptors (Lipinski definition) is 6. The van der Waals surface area contributed by atoms with Crippen molar-refractivity contribution in [3.05, 3.63) is 55.3 Å². The van der Waals surface area contributed by atoms with Crippen molar-refractivity contribution in [3.63, 3.8) is 0 Å². The zero-order chi connectivity index (χ0) is 17.9. The molecule has 0 bridgehead atoms. The Morgan fingerprint density at radius 3 is 2.54 bits per heavy atom. The summed E-state index contributed by atoms with van der Waals surface area (Å²) in [6.45, 7) is 1.62. The lowest BCUT2D eigenvalue weighted by Gasteiger charge is -2.07. The van der Waals surface area contributed by atoms with Crippen LogP contribution in [0.4, 0.5) is 17.1 Å². The van der Waals surface area contributed by atoms with Gasteiger partial charge in [-0.2, -0.15) is 5.10 Å². The van der Waals surface area contributed by atoms with Gasteiger partial charge in [0.05, 0.1) is 16.4 Å². The fourth-order valence-electron chi connectivity index (χ4n) is 2.02. The number of benzene rings is 1. The predicted molar refractivity (Wildman–Crippen MR) is 85.0 cm³/mol. The minimum atomic E-state index is -0.650. The third-order valence-corrected chi connectivity index (χ3v) is 3.49. The Morgan fingerprint density at radius 2 is 1.96 bits per heavy atom. The second-order valence-corrected chi connectivity index (χ2v) is 5.25. The highest BCUT2D eigenvalue weighted by atomic mass is 35.5. The van der Waals surface area contributed by atoms with Crippen LogP contribution in [0.1, 0.15) is 12.1 Å². The molecule has 0 spiro atoms. The number of carbonyl (C=O) groups is 1. The van der Waals surface area contributed by atoms with E-state index in [0.29, 0.717) is 5.69 Å². The van der Waals surface area contributed by atoms with Crippen LogP contribution in [-0.4, -0.2) is 25.5 Å². The highest BCUT2D eigenvalue weighted by Gasteiger charge is 2.19. The van der Waals surface area contributed by atoms with Crippen molar-refractivity contribution in [2.75, 3.05) is 5.32 Å². The van der Waals surface area contributed by atoms with E-state index < -0.39 is 15.8 Å². The molecule has 1 amide bonds. The number of anilines is 1. The van der Waals surface area contributed by atoms with Gasteiger partial charge in [0.1, 0.15) is 17.6 Å². The summed E-state index contributed by atoms with van der Waals surface area (Å²) in [5.41, 5.74) is -0.103. The van der Waals surface area contributed by atoms with Crippen molar-refractivity contribution >= 4 is 34.6 Å². The van der Waals surface area contributed by atoms with E-state index in [1.807, 2.05) is 0 Å². The number of nitro groups is 2. The summed E-state index contributed by atoms with van der Waals surface area (Å²) >= 11 is 5.70. The number of rotatable bonds is 6. The van der Waals surface area contributed by atoms with Crippen molar-refractivity contribution in [2.24, 2.45) is 0 Å². The van der Waals surface area contributed by atoms with Gasteiger partial charge in [-0.25, -0.2) is 0 Å². The Labute approximate surface area is 140 Å². The molecular weight excluding hydrogens is 342 g/mol. The van der Waals surface area contributed by atoms with Crippen LogP contribution in [0, 0.1) is 27.2 Å². The van der Waals surface area contributed by atoms with E-state index in [2.05, 4.69) is 10.4 Å². The van der Waals surface area contributed by atoms with E-state index in [1.165, 1.54) is 23.7 Å². The Balaban J connectivity index is 2.04. The number of halogens is 1. The summed E-state index contributed by atoms with van der Waals surface area (Å²) in [6.07, 6.45) is 1.05. The molecule has 1 aromatic carbocycles. The number of amides is 1. The Morgan fingerprint density at radius 1 is 1.29 bits per heavy atom. The van der Waals surface area contributed by atoms with Crippen LogP contribution in [0.15, 0.2) is 24.4 Å². The number of hydrogen-bond donors (Lipinski definition) is 1. The average molecular weight is 354 g/mol. The zero-order valence-electron chi connectivity index (χ0n) is 12.4. The van der Waals surface area contributed by atoms with E-state index in [4.69, 9.17) is 11.6 Å². The number of carbonyl (C=O) groups excluding carboxylic acids is 1. The normalized spacial score (nSPS) is 10.4. The van der Waals surface area contributed by atoms with Gasteiger partial charge in [0.25, 0.3) is 5.69 Å². The summed E-state index contributed by atoms with van der Waals surface area (Å²) in [7, 11) is 0. The van der Waals surface area contributed by atoms with Gasteiger partial charge in [0.15, 0.2) is 0 Å². The third kappa shape index (κ3) is 3.84. The van der Waals surface area contributed by atoms with Crippen LogP contribution in [-0.2, 0) is 11.3 Å². The van der Waals surface area contributed by atoms with Crippen molar-refractivity contribution in [1.82, 2.24) is 9.78 Å². The SMILES string of the molecule is Cc1c([N+](=O)[O-])cnn1CCC(=O)Nc1ccc(Cl)cc1[N+](=O)[O-]. The molecular formula is C13H12ClN5O5. The van der Waals surface area contributed by atoms with Gasteiger partial charge in [0.2, 0.25) is 5.91 Å². The molecule has 0 aliphatic rings. The maximum absolute atomic E-state index is 12.0. The second kappa shape index (κ2) is 7.04. The third-order valence-electron chi connectivity index (χ3n) is 3.26. The lowest BCUT2D eigenvalue weighted by Crippen LogP contribution is -2.16.